The summed E-state index contributed by atoms with van der Waals surface area (Å²) in [5, 5.41) is 11.8. The van der Waals surface area contributed by atoms with Crippen molar-refractivity contribution < 1.29 is 33.8 Å². The second kappa shape index (κ2) is 19.1. The van der Waals surface area contributed by atoms with E-state index in [2.05, 4.69) is 44.3 Å². The van der Waals surface area contributed by atoms with Crippen LogP contribution in [0.15, 0.2) is 91.0 Å². The molecule has 348 valence electrons. The van der Waals surface area contributed by atoms with E-state index >= 15 is 4.79 Å². The third kappa shape index (κ3) is 8.49. The van der Waals surface area contributed by atoms with Gasteiger partial charge in [0.15, 0.2) is 5.60 Å². The van der Waals surface area contributed by atoms with Gasteiger partial charge in [0.2, 0.25) is 17.7 Å². The molecule has 3 saturated heterocycles. The summed E-state index contributed by atoms with van der Waals surface area (Å²) in [5.74, 6) is 0.284. The number of nitrogens with zero attached hydrogens (tertiary/aromatic N) is 4. The van der Waals surface area contributed by atoms with E-state index in [1.54, 1.807) is 7.11 Å². The molecule has 1 spiro atoms. The van der Waals surface area contributed by atoms with Crippen LogP contribution in [-0.2, 0) is 49.0 Å². The Bertz CT molecular complexity index is 2460. The lowest BCUT2D eigenvalue weighted by Gasteiger charge is -2.39. The van der Waals surface area contributed by atoms with Crippen molar-refractivity contribution in [1.82, 2.24) is 4.90 Å². The fourth-order valence-electron chi connectivity index (χ4n) is 12.0. The molecule has 5 heterocycles. The van der Waals surface area contributed by atoms with Crippen LogP contribution in [0.5, 0.6) is 5.75 Å². The lowest BCUT2D eigenvalue weighted by molar-refractivity contribution is -0.151. The number of carbonyl (C=O) groups excluding carboxylic acids is 4. The molecule has 4 aromatic rings. The number of rotatable bonds is 10. The highest BCUT2D eigenvalue weighted by molar-refractivity contribution is 6.91. The van der Waals surface area contributed by atoms with Crippen LogP contribution >= 0.6 is 0 Å². The predicted octanol–water partition coefficient (Wildman–Crippen LogP) is 8.39. The van der Waals surface area contributed by atoms with E-state index in [1.807, 2.05) is 86.3 Å². The topological polar surface area (TPSA) is 120 Å². The summed E-state index contributed by atoms with van der Waals surface area (Å²) in [4.78, 5) is 65.5. The molecule has 4 amide bonds. The highest BCUT2D eigenvalue weighted by Crippen LogP contribution is 2.61. The van der Waals surface area contributed by atoms with E-state index in [0.717, 1.165) is 102 Å². The van der Waals surface area contributed by atoms with Crippen molar-refractivity contribution in [2.24, 2.45) is 5.92 Å². The maximum Gasteiger partial charge on any atom is 0.264 e. The number of aliphatic hydroxyl groups excluding tert-OH is 1. The van der Waals surface area contributed by atoms with E-state index in [1.165, 1.54) is 0 Å². The quantitative estimate of drug-likeness (QED) is 0.159. The Balaban J connectivity index is 1.14. The van der Waals surface area contributed by atoms with Crippen LogP contribution in [0.25, 0.3) is 0 Å². The highest BCUT2D eigenvalue weighted by Gasteiger charge is 2.66. The van der Waals surface area contributed by atoms with Crippen LogP contribution in [0.3, 0.4) is 0 Å². The van der Waals surface area contributed by atoms with Gasteiger partial charge in [-0.05, 0) is 96.8 Å². The van der Waals surface area contributed by atoms with E-state index in [9.17, 15) is 19.5 Å². The molecule has 5 aliphatic rings. The fourth-order valence-corrected chi connectivity index (χ4v) is 16.0. The molecule has 0 bridgehead atoms. The first-order valence-corrected chi connectivity index (χ1v) is 27.5. The van der Waals surface area contributed by atoms with Crippen molar-refractivity contribution in [3.8, 4) is 5.75 Å². The molecular weight excluding hydrogens is 845 g/mol. The molecule has 0 aromatic heterocycles. The van der Waals surface area contributed by atoms with Crippen LogP contribution in [0.1, 0.15) is 99.8 Å². The van der Waals surface area contributed by atoms with E-state index < -0.39 is 19.8 Å². The standard InChI is InChI=1S/C54H66N4O7Si/c1-37-52(66(3,4)45-25-23-44(64-2)24-26-45)48(33-51(62)57-35-40-18-12-11-17-39(40)31-43(57)36-59)65-54(37)46-32-42(56-29-14-8-6-10-21-50(56)61)22-27-47(46)58(53(54)63)34-38-16-15-19-41(30-38)55-28-13-7-5-9-20-49(55)60/h11-12,15-19,22-27,30,32,37,43,48,52,59H,5-10,13-14,20-21,28-29,31,33-36H2,1-4H3/t37-,43+,48+,52-,54+/m1/s1. The molecule has 0 unspecified atom stereocenters. The molecular formula is C54H66N4O7Si. The van der Waals surface area contributed by atoms with Crippen LogP contribution in [0, 0.1) is 5.92 Å². The minimum absolute atomic E-state index is 0.0425. The zero-order chi connectivity index (χ0) is 46.2. The number of fused-ring (bicyclic) bond motifs is 3. The Morgan fingerprint density at radius 3 is 2.11 bits per heavy atom. The first-order chi connectivity index (χ1) is 31.9. The number of ether oxygens (including phenoxy) is 2. The van der Waals surface area contributed by atoms with Gasteiger partial charge in [0.25, 0.3) is 5.91 Å². The summed E-state index contributed by atoms with van der Waals surface area (Å²) in [6.45, 7) is 8.51. The number of hydrogen-bond acceptors (Lipinski definition) is 7. The van der Waals surface area contributed by atoms with Gasteiger partial charge in [-0.2, -0.15) is 0 Å². The summed E-state index contributed by atoms with van der Waals surface area (Å²) in [7, 11) is -0.975. The number of hydrogen-bond donors (Lipinski definition) is 1. The van der Waals surface area contributed by atoms with Crippen molar-refractivity contribution in [3.05, 3.63) is 113 Å². The molecule has 0 radical (unpaired) electrons. The second-order valence-electron chi connectivity index (χ2n) is 19.9. The van der Waals surface area contributed by atoms with Gasteiger partial charge in [-0.1, -0.05) is 99.4 Å². The van der Waals surface area contributed by atoms with Crippen molar-refractivity contribution in [1.29, 1.82) is 0 Å². The zero-order valence-corrected chi connectivity index (χ0v) is 40.2. The van der Waals surface area contributed by atoms with Gasteiger partial charge in [-0.25, -0.2) is 0 Å². The van der Waals surface area contributed by atoms with Gasteiger partial charge in [0.05, 0.1) is 52.6 Å². The molecule has 3 fully saturated rings. The van der Waals surface area contributed by atoms with Crippen molar-refractivity contribution >= 4 is 54.0 Å². The first-order valence-electron chi connectivity index (χ1n) is 24.4. The summed E-state index contributed by atoms with van der Waals surface area (Å²) < 4.78 is 13.1. The molecule has 66 heavy (non-hydrogen) atoms. The number of methoxy groups -OCH3 is 1. The Labute approximate surface area is 391 Å². The number of carbonyl (C=O) groups is 4. The van der Waals surface area contributed by atoms with Gasteiger partial charge in [-0.3, -0.25) is 19.2 Å². The minimum atomic E-state index is -2.63. The van der Waals surface area contributed by atoms with Crippen LogP contribution in [0.2, 0.25) is 18.6 Å². The molecule has 11 nitrogen and oxygen atoms in total. The van der Waals surface area contributed by atoms with Crippen molar-refractivity contribution in [3.63, 3.8) is 0 Å². The fraction of sp³-hybridized carbons (Fsp3) is 0.481. The average molecular weight is 911 g/mol. The SMILES string of the molecule is COc1ccc([Si](C)(C)[C@H]2[C@H](CC(=O)N3Cc4ccccc4C[C@H]3CO)O[C@@]3(C(=O)N(Cc4cccc(N5CCCCCCC5=O)c4)c4ccc(N5CCCCCCC5=O)cc43)[C@@H]2C)cc1. The summed E-state index contributed by atoms with van der Waals surface area (Å²) in [6, 6.07) is 29.9. The second-order valence-corrected chi connectivity index (χ2v) is 24.6. The molecule has 0 saturated carbocycles. The normalized spacial score (nSPS) is 25.0. The van der Waals surface area contributed by atoms with Crippen molar-refractivity contribution in [2.75, 3.05) is 41.5 Å². The Morgan fingerprint density at radius 2 is 1.44 bits per heavy atom. The zero-order valence-electron chi connectivity index (χ0n) is 39.2. The summed E-state index contributed by atoms with van der Waals surface area (Å²) >= 11 is 0. The van der Waals surface area contributed by atoms with Crippen LogP contribution in [-0.4, -0.2) is 80.7 Å². The summed E-state index contributed by atoms with van der Waals surface area (Å²) in [5.41, 5.74) is 4.47. The Morgan fingerprint density at radius 1 is 0.788 bits per heavy atom. The number of amides is 4. The third-order valence-corrected chi connectivity index (χ3v) is 20.0. The van der Waals surface area contributed by atoms with Crippen LogP contribution < -0.4 is 24.6 Å². The Kier molecular flexibility index (Phi) is 13.3. The largest absolute Gasteiger partial charge is 0.497 e. The minimum Gasteiger partial charge on any atom is -0.497 e. The number of benzene rings is 4. The van der Waals surface area contributed by atoms with Gasteiger partial charge in [-0.15, -0.1) is 0 Å². The van der Waals surface area contributed by atoms with Gasteiger partial charge >= 0.3 is 0 Å². The molecule has 12 heteroatoms. The third-order valence-electron chi connectivity index (χ3n) is 15.6. The van der Waals surface area contributed by atoms with Gasteiger partial charge in [0, 0.05) is 55.3 Å². The highest BCUT2D eigenvalue weighted by atomic mass is 28.3. The van der Waals surface area contributed by atoms with E-state index in [0.29, 0.717) is 38.9 Å². The molecule has 0 aliphatic carbocycles. The average Bonchev–Trinajstić information content (AvgIpc) is 3.73. The first kappa shape index (κ1) is 45.8. The van der Waals surface area contributed by atoms with Crippen LogP contribution in [0.4, 0.5) is 17.1 Å². The van der Waals surface area contributed by atoms with E-state index in [4.69, 9.17) is 9.47 Å². The molecule has 9 rings (SSSR count). The molecule has 1 N–H and O–H groups in total. The predicted molar refractivity (Wildman–Crippen MR) is 261 cm³/mol. The molecule has 4 aromatic carbocycles. The smallest absolute Gasteiger partial charge is 0.264 e. The lowest BCUT2D eigenvalue weighted by atomic mass is 9.82. The molecule has 5 atom stereocenters. The van der Waals surface area contributed by atoms with Crippen molar-refractivity contribution in [2.45, 2.75) is 133 Å². The lowest BCUT2D eigenvalue weighted by Crippen LogP contribution is -2.52. The Hall–Kier alpha value is -5.30. The summed E-state index contributed by atoms with van der Waals surface area (Å²) in [6.07, 6.45) is 8.78. The number of aliphatic hydroxyl groups is 1. The maximum absolute atomic E-state index is 16.0. The van der Waals surface area contributed by atoms with Gasteiger partial charge < -0.3 is 34.2 Å². The maximum atomic E-state index is 16.0. The number of anilines is 3. The van der Waals surface area contributed by atoms with E-state index in [-0.39, 0.29) is 60.7 Å². The molecule has 5 aliphatic heterocycles. The monoisotopic (exact) mass is 910 g/mol. The van der Waals surface area contributed by atoms with Gasteiger partial charge in [0.1, 0.15) is 5.75 Å².